The molecule has 0 aliphatic carbocycles. The lowest BCUT2D eigenvalue weighted by Crippen LogP contribution is -2.12. The van der Waals surface area contributed by atoms with Crippen LogP contribution in [0.2, 0.25) is 0 Å². The second kappa shape index (κ2) is 6.23. The normalized spacial score (nSPS) is 12.4. The molecule has 94 valence electrons. The number of nitriles is 1. The van der Waals surface area contributed by atoms with E-state index in [4.69, 9.17) is 5.26 Å². The summed E-state index contributed by atoms with van der Waals surface area (Å²) in [5, 5.41) is 13.3. The fourth-order valence-corrected chi connectivity index (χ4v) is 2.44. The molecule has 3 heteroatoms. The molecule has 2 aromatic rings. The average Bonchev–Trinajstić information content (AvgIpc) is 2.83. The van der Waals surface area contributed by atoms with Gasteiger partial charge in [0.1, 0.15) is 0 Å². The number of nitrogens with one attached hydrogen (secondary N) is 2. The Labute approximate surface area is 108 Å². The second-order valence-corrected chi connectivity index (χ2v) is 4.58. The van der Waals surface area contributed by atoms with E-state index in [1.54, 1.807) is 0 Å². The molecule has 0 radical (unpaired) electrons. The first-order valence-electron chi connectivity index (χ1n) is 6.44. The molecule has 0 spiro atoms. The monoisotopic (exact) mass is 241 g/mol. The lowest BCUT2D eigenvalue weighted by molar-refractivity contribution is 0.568. The molecule has 1 atom stereocenters. The lowest BCUT2D eigenvalue weighted by atomic mass is 9.91. The fraction of sp³-hybridized carbons (Fsp3) is 0.400. The number of H-pyrrole nitrogens is 1. The highest BCUT2D eigenvalue weighted by molar-refractivity contribution is 5.83. The Morgan fingerprint density at radius 3 is 2.94 bits per heavy atom. The first kappa shape index (κ1) is 12.7. The topological polar surface area (TPSA) is 51.6 Å². The smallest absolute Gasteiger partial charge is 0.0621 e. The Hall–Kier alpha value is -1.79. The van der Waals surface area contributed by atoms with Gasteiger partial charge in [-0.15, -0.1) is 0 Å². The van der Waals surface area contributed by atoms with Crippen molar-refractivity contribution in [1.82, 2.24) is 10.3 Å². The van der Waals surface area contributed by atoms with Gasteiger partial charge in [-0.25, -0.2) is 0 Å². The molecule has 0 saturated heterocycles. The molecule has 2 rings (SSSR count). The summed E-state index contributed by atoms with van der Waals surface area (Å²) in [6.45, 7) is 0.982. The second-order valence-electron chi connectivity index (χ2n) is 4.58. The molecule has 0 saturated carbocycles. The largest absolute Gasteiger partial charge is 0.361 e. The lowest BCUT2D eigenvalue weighted by Gasteiger charge is -2.14. The number of hydrogen-bond donors (Lipinski definition) is 2. The first-order valence-corrected chi connectivity index (χ1v) is 6.44. The molecule has 1 aromatic carbocycles. The predicted octanol–water partition coefficient (Wildman–Crippen LogP) is 3.16. The molecule has 2 N–H and O–H groups in total. The molecule has 3 nitrogen and oxygen atoms in total. The van der Waals surface area contributed by atoms with Crippen molar-refractivity contribution in [3.63, 3.8) is 0 Å². The van der Waals surface area contributed by atoms with Crippen LogP contribution < -0.4 is 5.32 Å². The van der Waals surface area contributed by atoms with Crippen LogP contribution in [0.25, 0.3) is 10.9 Å². The number of nitrogens with zero attached hydrogens (tertiary/aromatic N) is 1. The number of aromatic nitrogens is 1. The minimum atomic E-state index is 0.452. The van der Waals surface area contributed by atoms with Gasteiger partial charge in [-0.1, -0.05) is 18.2 Å². The van der Waals surface area contributed by atoms with Crippen molar-refractivity contribution >= 4 is 10.9 Å². The molecule has 0 bridgehead atoms. The van der Waals surface area contributed by atoms with Crippen molar-refractivity contribution in [3.8, 4) is 6.07 Å². The van der Waals surface area contributed by atoms with Crippen molar-refractivity contribution in [2.24, 2.45) is 0 Å². The van der Waals surface area contributed by atoms with Crippen LogP contribution >= 0.6 is 0 Å². The number of para-hydroxylation sites is 1. The molecular formula is C15H19N3. The van der Waals surface area contributed by atoms with E-state index in [-0.39, 0.29) is 0 Å². The molecule has 0 fully saturated rings. The summed E-state index contributed by atoms with van der Waals surface area (Å²) in [5.41, 5.74) is 2.52. The molecule has 0 aliphatic rings. The number of aromatic amines is 1. The van der Waals surface area contributed by atoms with Crippen molar-refractivity contribution in [2.45, 2.75) is 25.2 Å². The standard InChI is InChI=1S/C15H19N3/c1-17-10-8-12(5-4-9-16)14-11-18-15-7-3-2-6-13(14)15/h2-3,6-7,11-12,17-18H,4-5,8,10H2,1H3. The Morgan fingerprint density at radius 2 is 2.17 bits per heavy atom. The van der Waals surface area contributed by atoms with E-state index in [2.05, 4.69) is 40.8 Å². The zero-order valence-corrected chi connectivity index (χ0v) is 10.7. The van der Waals surface area contributed by atoms with E-state index in [0.717, 1.165) is 19.4 Å². The van der Waals surface area contributed by atoms with Crippen LogP contribution in [0, 0.1) is 11.3 Å². The SMILES string of the molecule is CNCCC(CCC#N)c1c[nH]c2ccccc12. The Morgan fingerprint density at radius 1 is 1.33 bits per heavy atom. The average molecular weight is 241 g/mol. The summed E-state index contributed by atoms with van der Waals surface area (Å²) in [5.74, 6) is 0.452. The Kier molecular flexibility index (Phi) is 4.38. The van der Waals surface area contributed by atoms with Crippen LogP contribution in [0.3, 0.4) is 0 Å². The van der Waals surface area contributed by atoms with Crippen LogP contribution in [0.1, 0.15) is 30.7 Å². The molecule has 0 aliphatic heterocycles. The Balaban J connectivity index is 2.26. The maximum Gasteiger partial charge on any atom is 0.0621 e. The van der Waals surface area contributed by atoms with Gasteiger partial charge in [0.25, 0.3) is 0 Å². The minimum Gasteiger partial charge on any atom is -0.361 e. The van der Waals surface area contributed by atoms with Crippen molar-refractivity contribution < 1.29 is 0 Å². The van der Waals surface area contributed by atoms with E-state index < -0.39 is 0 Å². The third-order valence-electron chi connectivity index (χ3n) is 3.41. The summed E-state index contributed by atoms with van der Waals surface area (Å²) in [6, 6.07) is 10.6. The minimum absolute atomic E-state index is 0.452. The van der Waals surface area contributed by atoms with E-state index in [1.165, 1.54) is 16.5 Å². The van der Waals surface area contributed by atoms with E-state index in [0.29, 0.717) is 12.3 Å². The molecule has 18 heavy (non-hydrogen) atoms. The molecule has 1 unspecified atom stereocenters. The summed E-state index contributed by atoms with van der Waals surface area (Å²) in [6.07, 6.45) is 4.72. The van der Waals surface area contributed by atoms with Crippen molar-refractivity contribution in [3.05, 3.63) is 36.0 Å². The van der Waals surface area contributed by atoms with Gasteiger partial charge in [-0.2, -0.15) is 5.26 Å². The van der Waals surface area contributed by atoms with Gasteiger partial charge < -0.3 is 10.3 Å². The van der Waals surface area contributed by atoms with E-state index in [9.17, 15) is 0 Å². The van der Waals surface area contributed by atoms with Gasteiger partial charge in [0.15, 0.2) is 0 Å². The molecule has 0 amide bonds. The van der Waals surface area contributed by atoms with Crippen LogP contribution in [0.15, 0.2) is 30.5 Å². The van der Waals surface area contributed by atoms with Gasteiger partial charge in [0, 0.05) is 23.5 Å². The predicted molar refractivity (Wildman–Crippen MR) is 74.4 cm³/mol. The molecule has 1 aromatic heterocycles. The summed E-state index contributed by atoms with van der Waals surface area (Å²) >= 11 is 0. The third-order valence-corrected chi connectivity index (χ3v) is 3.41. The highest BCUT2D eigenvalue weighted by Gasteiger charge is 2.15. The Bertz CT molecular complexity index is 536. The maximum absolute atomic E-state index is 8.78. The van der Waals surface area contributed by atoms with Gasteiger partial charge in [0.2, 0.25) is 0 Å². The van der Waals surface area contributed by atoms with Crippen molar-refractivity contribution in [1.29, 1.82) is 5.26 Å². The van der Waals surface area contributed by atoms with Crippen molar-refractivity contribution in [2.75, 3.05) is 13.6 Å². The molecule has 1 heterocycles. The van der Waals surface area contributed by atoms with Gasteiger partial charge in [0.05, 0.1) is 6.07 Å². The fourth-order valence-electron chi connectivity index (χ4n) is 2.44. The van der Waals surface area contributed by atoms with Crippen LogP contribution in [0.5, 0.6) is 0 Å². The first-order chi connectivity index (χ1) is 8.86. The van der Waals surface area contributed by atoms with Gasteiger partial charge >= 0.3 is 0 Å². The number of benzene rings is 1. The van der Waals surface area contributed by atoms with E-state index >= 15 is 0 Å². The summed E-state index contributed by atoms with van der Waals surface area (Å²) in [4.78, 5) is 3.32. The van der Waals surface area contributed by atoms with Crippen LogP contribution in [-0.2, 0) is 0 Å². The third kappa shape index (κ3) is 2.72. The number of rotatable bonds is 6. The highest BCUT2D eigenvalue weighted by Crippen LogP contribution is 2.30. The maximum atomic E-state index is 8.78. The quantitative estimate of drug-likeness (QED) is 0.816. The zero-order chi connectivity index (χ0) is 12.8. The van der Waals surface area contributed by atoms with Gasteiger partial charge in [-0.3, -0.25) is 0 Å². The number of hydrogen-bond acceptors (Lipinski definition) is 2. The van der Waals surface area contributed by atoms with E-state index in [1.807, 2.05) is 13.1 Å². The van der Waals surface area contributed by atoms with Crippen LogP contribution in [0.4, 0.5) is 0 Å². The number of fused-ring (bicyclic) bond motifs is 1. The highest BCUT2D eigenvalue weighted by atomic mass is 14.8. The van der Waals surface area contributed by atoms with Gasteiger partial charge in [-0.05, 0) is 44.0 Å². The zero-order valence-electron chi connectivity index (χ0n) is 10.7. The summed E-state index contributed by atoms with van der Waals surface area (Å²) in [7, 11) is 1.97. The van der Waals surface area contributed by atoms with Crippen LogP contribution in [-0.4, -0.2) is 18.6 Å². The summed E-state index contributed by atoms with van der Waals surface area (Å²) < 4.78 is 0. The molecular weight excluding hydrogens is 222 g/mol.